The highest BCUT2D eigenvalue weighted by molar-refractivity contribution is 5.78. The molecule has 0 amide bonds. The summed E-state index contributed by atoms with van der Waals surface area (Å²) >= 11 is 0. The van der Waals surface area contributed by atoms with Crippen molar-refractivity contribution in [2.24, 2.45) is 17.3 Å². The van der Waals surface area contributed by atoms with Gasteiger partial charge in [0.15, 0.2) is 11.7 Å². The van der Waals surface area contributed by atoms with Crippen molar-refractivity contribution >= 4 is 23.9 Å². The summed E-state index contributed by atoms with van der Waals surface area (Å²) in [6.07, 6.45) is -0.603. The average molecular weight is 537 g/mol. The number of rotatable bonds is 5. The Labute approximate surface area is 223 Å². The van der Waals surface area contributed by atoms with Gasteiger partial charge in [0.25, 0.3) is 0 Å². The third kappa shape index (κ3) is 4.53. The fourth-order valence-electron chi connectivity index (χ4n) is 7.06. The molecule has 0 radical (unpaired) electrons. The van der Waals surface area contributed by atoms with Crippen LogP contribution >= 0.6 is 0 Å². The third-order valence-electron chi connectivity index (χ3n) is 9.15. The molecule has 1 N–H and O–H groups in total. The van der Waals surface area contributed by atoms with Gasteiger partial charge < -0.3 is 28.8 Å². The maximum atomic E-state index is 12.9. The lowest BCUT2D eigenvalue weighted by molar-refractivity contribution is -0.234. The molecule has 0 spiro atoms. The second kappa shape index (κ2) is 9.93. The Balaban J connectivity index is 1.98. The largest absolute Gasteiger partial charge is 0.462 e. The molecular weight excluding hydrogens is 496 g/mol. The van der Waals surface area contributed by atoms with Crippen LogP contribution in [0.5, 0.6) is 0 Å². The van der Waals surface area contributed by atoms with E-state index >= 15 is 0 Å². The molecule has 0 bridgehead atoms. The van der Waals surface area contributed by atoms with Crippen molar-refractivity contribution in [1.82, 2.24) is 0 Å². The molecule has 4 aliphatic rings. The SMILES string of the molecule is CCCC(=O)O[C@H]1CC/C(C)=C\[C@@H]2OC(=O)[C@H](C)[C@@]2(O)[C@@H](OC(C)=O)[C@H]2[C@]3(C)O[C@@H]3C[C@H](OC(C)=O)[C@]12C. The molecule has 38 heavy (non-hydrogen) atoms. The van der Waals surface area contributed by atoms with Crippen molar-refractivity contribution < 1.29 is 48.0 Å². The van der Waals surface area contributed by atoms with E-state index in [1.165, 1.54) is 13.8 Å². The summed E-state index contributed by atoms with van der Waals surface area (Å²) in [7, 11) is 0. The number of hydrogen-bond acceptors (Lipinski definition) is 10. The molecule has 0 aromatic rings. The van der Waals surface area contributed by atoms with Crippen molar-refractivity contribution in [3.05, 3.63) is 11.6 Å². The molecule has 0 aromatic carbocycles. The number of epoxide rings is 1. The number of carbonyl (C=O) groups is 4. The average Bonchev–Trinajstić information content (AvgIpc) is 3.42. The lowest BCUT2D eigenvalue weighted by Crippen LogP contribution is -2.69. The molecule has 212 valence electrons. The van der Waals surface area contributed by atoms with E-state index in [9.17, 15) is 24.3 Å². The van der Waals surface area contributed by atoms with Gasteiger partial charge in [-0.05, 0) is 46.1 Å². The fraction of sp³-hybridized carbons (Fsp3) is 0.786. The first-order chi connectivity index (χ1) is 17.7. The molecule has 2 aliphatic heterocycles. The normalized spacial score (nSPS) is 45.2. The molecule has 0 aromatic heterocycles. The monoisotopic (exact) mass is 536 g/mol. The summed E-state index contributed by atoms with van der Waals surface area (Å²) in [5.74, 6) is -4.05. The van der Waals surface area contributed by atoms with E-state index in [4.69, 9.17) is 23.7 Å². The first-order valence-electron chi connectivity index (χ1n) is 13.5. The van der Waals surface area contributed by atoms with Crippen LogP contribution in [-0.4, -0.2) is 70.7 Å². The number of hydrogen-bond donors (Lipinski definition) is 1. The van der Waals surface area contributed by atoms with Gasteiger partial charge in [0, 0.05) is 32.6 Å². The Kier molecular flexibility index (Phi) is 7.46. The standard InChI is InChI=1S/C28H40O10/c1-8-9-22(31)36-18-11-10-14(2)12-21-28(33,15(3)25(32)37-21)24(35-17(5)30)23-26(18,6)19(34-16(4)29)13-20-27(23,7)38-20/h12,15,18-21,23-24,33H,8-11,13H2,1-7H3/b14-12-/t15-,18-,19-,20+,21-,23+,24-,26-,27+,28-/m0/s1. The van der Waals surface area contributed by atoms with E-state index in [0.29, 0.717) is 25.7 Å². The van der Waals surface area contributed by atoms with Crippen LogP contribution in [0.1, 0.15) is 80.6 Å². The summed E-state index contributed by atoms with van der Waals surface area (Å²) in [5.41, 5.74) is -3.21. The third-order valence-corrected chi connectivity index (χ3v) is 9.15. The van der Waals surface area contributed by atoms with Gasteiger partial charge in [-0.1, -0.05) is 19.4 Å². The minimum absolute atomic E-state index is 0.208. The van der Waals surface area contributed by atoms with Gasteiger partial charge in [-0.2, -0.15) is 0 Å². The smallest absolute Gasteiger partial charge is 0.312 e. The van der Waals surface area contributed by atoms with Crippen LogP contribution in [-0.2, 0) is 42.9 Å². The number of esters is 4. The van der Waals surface area contributed by atoms with Gasteiger partial charge >= 0.3 is 23.9 Å². The highest BCUT2D eigenvalue weighted by Gasteiger charge is 2.77. The minimum Gasteiger partial charge on any atom is -0.462 e. The first kappa shape index (κ1) is 28.5. The molecule has 2 heterocycles. The van der Waals surface area contributed by atoms with E-state index in [1.54, 1.807) is 13.0 Å². The Hall–Kier alpha value is -2.46. The van der Waals surface area contributed by atoms with Gasteiger partial charge in [0.05, 0.1) is 23.0 Å². The number of carbonyl (C=O) groups excluding carboxylic acids is 4. The van der Waals surface area contributed by atoms with Crippen LogP contribution in [0.15, 0.2) is 11.6 Å². The van der Waals surface area contributed by atoms with E-state index < -0.39 is 76.7 Å². The topological polar surface area (TPSA) is 138 Å². The van der Waals surface area contributed by atoms with Crippen LogP contribution in [0.25, 0.3) is 0 Å². The molecule has 1 saturated carbocycles. The lowest BCUT2D eigenvalue weighted by atomic mass is 9.53. The number of ether oxygens (including phenoxy) is 5. The highest BCUT2D eigenvalue weighted by Crippen LogP contribution is 2.64. The Morgan fingerprint density at radius 2 is 1.76 bits per heavy atom. The van der Waals surface area contributed by atoms with Gasteiger partial charge in [-0.25, -0.2) is 0 Å². The Morgan fingerprint density at radius 1 is 1.11 bits per heavy atom. The molecule has 10 atom stereocenters. The van der Waals surface area contributed by atoms with E-state index in [0.717, 1.165) is 5.57 Å². The molecule has 2 aliphatic carbocycles. The zero-order chi connectivity index (χ0) is 28.2. The summed E-state index contributed by atoms with van der Waals surface area (Å²) in [6.45, 7) is 11.5. The van der Waals surface area contributed by atoms with Crippen LogP contribution < -0.4 is 0 Å². The fourth-order valence-corrected chi connectivity index (χ4v) is 7.06. The molecule has 0 unspecified atom stereocenters. The van der Waals surface area contributed by atoms with Crippen molar-refractivity contribution in [3.63, 3.8) is 0 Å². The van der Waals surface area contributed by atoms with E-state index in [-0.39, 0.29) is 12.5 Å². The first-order valence-corrected chi connectivity index (χ1v) is 13.5. The maximum absolute atomic E-state index is 12.9. The van der Waals surface area contributed by atoms with Crippen LogP contribution in [0.2, 0.25) is 0 Å². The molecule has 4 rings (SSSR count). The van der Waals surface area contributed by atoms with Crippen molar-refractivity contribution in [3.8, 4) is 0 Å². The zero-order valence-electron chi connectivity index (χ0n) is 23.3. The molecular formula is C28H40O10. The van der Waals surface area contributed by atoms with Gasteiger partial charge in [0.2, 0.25) is 0 Å². The molecule has 2 saturated heterocycles. The van der Waals surface area contributed by atoms with E-state index in [2.05, 4.69) is 0 Å². The van der Waals surface area contributed by atoms with Crippen LogP contribution in [0.3, 0.4) is 0 Å². The Bertz CT molecular complexity index is 1040. The number of aliphatic hydroxyl groups is 1. The van der Waals surface area contributed by atoms with Gasteiger partial charge in [-0.3, -0.25) is 19.2 Å². The van der Waals surface area contributed by atoms with E-state index in [1.807, 2.05) is 27.7 Å². The predicted octanol–water partition coefficient (Wildman–Crippen LogP) is 2.78. The lowest BCUT2D eigenvalue weighted by Gasteiger charge is -2.55. The van der Waals surface area contributed by atoms with Crippen LogP contribution in [0.4, 0.5) is 0 Å². The second-order valence-electron chi connectivity index (χ2n) is 11.7. The number of fused-ring (bicyclic) bond motifs is 4. The quantitative estimate of drug-likeness (QED) is 0.242. The van der Waals surface area contributed by atoms with Crippen molar-refractivity contribution in [1.29, 1.82) is 0 Å². The summed E-state index contributed by atoms with van der Waals surface area (Å²) in [6, 6.07) is 0. The highest BCUT2D eigenvalue weighted by atomic mass is 16.6. The van der Waals surface area contributed by atoms with Gasteiger partial charge in [-0.15, -0.1) is 0 Å². The molecule has 10 heteroatoms. The summed E-state index contributed by atoms with van der Waals surface area (Å²) in [4.78, 5) is 50.6. The predicted molar refractivity (Wildman–Crippen MR) is 132 cm³/mol. The maximum Gasteiger partial charge on any atom is 0.312 e. The summed E-state index contributed by atoms with van der Waals surface area (Å²) in [5, 5.41) is 12.4. The second-order valence-corrected chi connectivity index (χ2v) is 11.7. The van der Waals surface area contributed by atoms with Gasteiger partial charge in [0.1, 0.15) is 18.3 Å². The minimum atomic E-state index is -1.96. The zero-order valence-corrected chi connectivity index (χ0v) is 23.3. The Morgan fingerprint density at radius 3 is 2.37 bits per heavy atom. The van der Waals surface area contributed by atoms with Crippen molar-refractivity contribution in [2.45, 2.75) is 122 Å². The molecule has 10 nitrogen and oxygen atoms in total. The summed E-state index contributed by atoms with van der Waals surface area (Å²) < 4.78 is 29.8. The molecule has 3 fully saturated rings. The number of allylic oxidation sites excluding steroid dienone is 1. The van der Waals surface area contributed by atoms with Crippen LogP contribution in [0, 0.1) is 17.3 Å². The van der Waals surface area contributed by atoms with Crippen molar-refractivity contribution in [2.75, 3.05) is 0 Å².